The minimum Gasteiger partial charge on any atom is -0.475 e. The maximum absolute atomic E-state index is 13.4. The van der Waals surface area contributed by atoms with Crippen molar-refractivity contribution in [2.75, 3.05) is 20.1 Å². The molecule has 2 aromatic carbocycles. The van der Waals surface area contributed by atoms with E-state index in [1.807, 2.05) is 7.05 Å². The number of benzene rings is 2. The van der Waals surface area contributed by atoms with Crippen LogP contribution in [0.1, 0.15) is 5.56 Å². The van der Waals surface area contributed by atoms with Crippen molar-refractivity contribution < 1.29 is 27.5 Å². The van der Waals surface area contributed by atoms with Gasteiger partial charge in [0, 0.05) is 24.5 Å². The molecule has 0 aliphatic rings. The molecule has 4 rings (SSSR count). The van der Waals surface area contributed by atoms with Crippen molar-refractivity contribution >= 4 is 28.3 Å². The smallest absolute Gasteiger partial charge is 0.475 e. The monoisotopic (exact) mass is 494 g/mol. The molecular weight excluding hydrogens is 472 g/mol. The van der Waals surface area contributed by atoms with Gasteiger partial charge in [-0.1, -0.05) is 24.3 Å². The summed E-state index contributed by atoms with van der Waals surface area (Å²) in [5, 5.41) is 13.7. The molecule has 0 spiro atoms. The molecule has 180 valence electrons. The van der Waals surface area contributed by atoms with Gasteiger partial charge < -0.3 is 20.7 Å². The van der Waals surface area contributed by atoms with E-state index in [0.717, 1.165) is 41.4 Å². The number of nitrogens with one attached hydrogen (secondary N) is 3. The maximum atomic E-state index is 13.4. The Balaban J connectivity index is 0.000000406. The molecule has 0 saturated heterocycles. The summed E-state index contributed by atoms with van der Waals surface area (Å²) in [5.74, 6) is -2.24. The zero-order valence-electron chi connectivity index (χ0n) is 18.0. The van der Waals surface area contributed by atoms with E-state index in [9.17, 15) is 17.6 Å². The molecule has 2 heterocycles. The number of carboxylic acids is 1. The number of rotatable bonds is 7. The van der Waals surface area contributed by atoms with Crippen LogP contribution in [0.4, 0.5) is 17.6 Å². The number of aromatic nitrogens is 2. The zero-order chi connectivity index (χ0) is 24.7. The van der Waals surface area contributed by atoms with Crippen LogP contribution in [0.2, 0.25) is 0 Å². The molecule has 0 aliphatic heterocycles. The summed E-state index contributed by atoms with van der Waals surface area (Å²) in [6, 6.07) is 17.4. The molecule has 0 fully saturated rings. The maximum Gasteiger partial charge on any atom is 0.490 e. The number of alkyl halides is 3. The van der Waals surface area contributed by atoms with Gasteiger partial charge in [0.25, 0.3) is 0 Å². The molecule has 4 aromatic rings. The van der Waals surface area contributed by atoms with Crippen molar-refractivity contribution in [2.24, 2.45) is 0 Å². The Morgan fingerprint density at radius 2 is 1.74 bits per heavy atom. The average molecular weight is 495 g/mol. The highest BCUT2D eigenvalue weighted by atomic mass is 32.1. The lowest BCUT2D eigenvalue weighted by Gasteiger charge is -2.05. The molecule has 0 aliphatic carbocycles. The Hall–Kier alpha value is -3.28. The number of thiophene rings is 1. The first-order chi connectivity index (χ1) is 16.2. The largest absolute Gasteiger partial charge is 0.490 e. The number of H-pyrrole nitrogens is 1. The number of aromatic amines is 1. The Morgan fingerprint density at radius 1 is 1.06 bits per heavy atom. The highest BCUT2D eigenvalue weighted by Crippen LogP contribution is 2.34. The van der Waals surface area contributed by atoms with Crippen LogP contribution in [-0.4, -0.2) is 47.4 Å². The van der Waals surface area contributed by atoms with Crippen molar-refractivity contribution in [3.05, 3.63) is 66.0 Å². The van der Waals surface area contributed by atoms with Crippen LogP contribution in [0.3, 0.4) is 0 Å². The highest BCUT2D eigenvalue weighted by Gasteiger charge is 2.38. The summed E-state index contributed by atoms with van der Waals surface area (Å²) >= 11 is 1.68. The van der Waals surface area contributed by atoms with Gasteiger partial charge in [-0.15, -0.1) is 11.3 Å². The third kappa shape index (κ3) is 6.86. The van der Waals surface area contributed by atoms with E-state index in [4.69, 9.17) is 9.90 Å². The summed E-state index contributed by atoms with van der Waals surface area (Å²) in [6.45, 7) is 2.78. The SMILES string of the molecule is CNCCNCc1ccc(-c2ccc(-c3nc4ccc(F)cc4[nH]3)s2)cc1.O=C(O)C(F)(F)F. The van der Waals surface area contributed by atoms with Gasteiger partial charge >= 0.3 is 12.1 Å². The Kier molecular flexibility index (Phi) is 8.37. The number of imidazole rings is 1. The molecule has 6 nitrogen and oxygen atoms in total. The first kappa shape index (κ1) is 25.3. The standard InChI is InChI=1S/C21H21FN4S.C2HF3O2/c1-23-10-11-24-13-14-2-4-15(5-3-14)19-8-9-20(27-19)21-25-17-7-6-16(22)12-18(17)26-21;3-2(4,5)1(6)7/h2-9,12,23-24H,10-11,13H2,1H3,(H,25,26);(H,6,7). The normalized spacial score (nSPS) is 11.3. The van der Waals surface area contributed by atoms with Gasteiger partial charge in [0.1, 0.15) is 11.6 Å². The fraction of sp³-hybridized carbons (Fsp3) is 0.217. The van der Waals surface area contributed by atoms with Gasteiger partial charge in [-0.3, -0.25) is 0 Å². The topological polar surface area (TPSA) is 90.0 Å². The summed E-state index contributed by atoms with van der Waals surface area (Å²) in [7, 11) is 1.95. The van der Waals surface area contributed by atoms with E-state index in [1.165, 1.54) is 28.1 Å². The molecule has 2 aromatic heterocycles. The van der Waals surface area contributed by atoms with E-state index < -0.39 is 12.1 Å². The molecule has 34 heavy (non-hydrogen) atoms. The minimum absolute atomic E-state index is 0.259. The van der Waals surface area contributed by atoms with E-state index >= 15 is 0 Å². The van der Waals surface area contributed by atoms with Gasteiger partial charge in [-0.2, -0.15) is 13.2 Å². The van der Waals surface area contributed by atoms with Crippen LogP contribution in [0.25, 0.3) is 32.2 Å². The third-order valence-corrected chi connectivity index (χ3v) is 5.79. The molecular formula is C23H22F4N4O2S. The number of likely N-dealkylation sites (N-methyl/N-ethyl adjacent to an activating group) is 1. The first-order valence-corrected chi connectivity index (χ1v) is 11.0. The van der Waals surface area contributed by atoms with Gasteiger partial charge in [0.2, 0.25) is 0 Å². The van der Waals surface area contributed by atoms with Crippen molar-refractivity contribution in [1.29, 1.82) is 0 Å². The lowest BCUT2D eigenvalue weighted by molar-refractivity contribution is -0.192. The third-order valence-electron chi connectivity index (χ3n) is 4.65. The average Bonchev–Trinajstić information content (AvgIpc) is 3.44. The number of hydrogen-bond acceptors (Lipinski definition) is 5. The molecule has 0 radical (unpaired) electrons. The number of aliphatic carboxylic acids is 1. The predicted octanol–water partition coefficient (Wildman–Crippen LogP) is 5.04. The van der Waals surface area contributed by atoms with Gasteiger partial charge in [0.15, 0.2) is 0 Å². The van der Waals surface area contributed by atoms with Crippen molar-refractivity contribution in [3.8, 4) is 21.1 Å². The number of fused-ring (bicyclic) bond motifs is 1. The Morgan fingerprint density at radius 3 is 2.38 bits per heavy atom. The second-order valence-corrected chi connectivity index (χ2v) is 8.27. The van der Waals surface area contributed by atoms with Crippen LogP contribution in [0.15, 0.2) is 54.6 Å². The Labute approximate surface area is 196 Å². The van der Waals surface area contributed by atoms with Crippen LogP contribution < -0.4 is 10.6 Å². The summed E-state index contributed by atoms with van der Waals surface area (Å²) in [6.07, 6.45) is -5.08. The van der Waals surface area contributed by atoms with Crippen LogP contribution in [-0.2, 0) is 11.3 Å². The van der Waals surface area contributed by atoms with Gasteiger partial charge in [0.05, 0.1) is 15.9 Å². The van der Waals surface area contributed by atoms with Crippen molar-refractivity contribution in [1.82, 2.24) is 20.6 Å². The van der Waals surface area contributed by atoms with Gasteiger partial charge in [-0.25, -0.2) is 14.2 Å². The number of hydrogen-bond donors (Lipinski definition) is 4. The quantitative estimate of drug-likeness (QED) is 0.214. The van der Waals surface area contributed by atoms with Crippen molar-refractivity contribution in [3.63, 3.8) is 0 Å². The lowest BCUT2D eigenvalue weighted by atomic mass is 10.1. The van der Waals surface area contributed by atoms with Crippen LogP contribution in [0.5, 0.6) is 0 Å². The molecule has 4 N–H and O–H groups in total. The fourth-order valence-corrected chi connectivity index (χ4v) is 3.91. The van der Waals surface area contributed by atoms with E-state index in [1.54, 1.807) is 17.4 Å². The lowest BCUT2D eigenvalue weighted by Crippen LogP contribution is -2.24. The van der Waals surface area contributed by atoms with E-state index in [-0.39, 0.29) is 5.82 Å². The minimum atomic E-state index is -5.08. The molecule has 0 unspecified atom stereocenters. The molecule has 0 saturated carbocycles. The van der Waals surface area contributed by atoms with E-state index in [2.05, 4.69) is 57.0 Å². The highest BCUT2D eigenvalue weighted by molar-refractivity contribution is 7.18. The second kappa shape index (κ2) is 11.2. The summed E-state index contributed by atoms with van der Waals surface area (Å²) in [5.41, 5.74) is 3.95. The number of nitrogens with zero attached hydrogens (tertiary/aromatic N) is 1. The Bertz CT molecular complexity index is 1240. The zero-order valence-corrected chi connectivity index (χ0v) is 18.9. The molecule has 0 bridgehead atoms. The molecule has 0 amide bonds. The fourth-order valence-electron chi connectivity index (χ4n) is 2.95. The summed E-state index contributed by atoms with van der Waals surface area (Å²) < 4.78 is 45.1. The van der Waals surface area contributed by atoms with Crippen LogP contribution >= 0.6 is 11.3 Å². The van der Waals surface area contributed by atoms with Crippen LogP contribution in [0, 0.1) is 5.82 Å². The first-order valence-electron chi connectivity index (χ1n) is 10.2. The summed E-state index contributed by atoms with van der Waals surface area (Å²) in [4.78, 5) is 18.9. The van der Waals surface area contributed by atoms with E-state index in [0.29, 0.717) is 0 Å². The number of carboxylic acid groups (broad SMARTS) is 1. The number of halogens is 4. The van der Waals surface area contributed by atoms with Crippen molar-refractivity contribution in [2.45, 2.75) is 12.7 Å². The molecule has 0 atom stereocenters. The second-order valence-electron chi connectivity index (χ2n) is 7.19. The molecule has 11 heteroatoms. The predicted molar refractivity (Wildman–Crippen MR) is 124 cm³/mol. The van der Waals surface area contributed by atoms with Gasteiger partial charge in [-0.05, 0) is 48.5 Å². The number of carbonyl (C=O) groups is 1.